The fourth-order valence-electron chi connectivity index (χ4n) is 3.71. The van der Waals surface area contributed by atoms with Gasteiger partial charge in [-0.05, 0) is 49.9 Å². The molecule has 1 atom stereocenters. The lowest BCUT2D eigenvalue weighted by molar-refractivity contribution is -0.123. The molecule has 1 aromatic rings. The van der Waals surface area contributed by atoms with Crippen LogP contribution < -0.4 is 10.6 Å². The molecule has 22 heavy (non-hydrogen) atoms. The smallest absolute Gasteiger partial charge is 0.222 e. The molecule has 3 nitrogen and oxygen atoms in total. The van der Waals surface area contributed by atoms with Gasteiger partial charge in [0, 0.05) is 17.5 Å². The van der Waals surface area contributed by atoms with Crippen LogP contribution in [-0.2, 0) is 10.3 Å². The molecular formula is C17H24Cl2N2O. The van der Waals surface area contributed by atoms with Crippen molar-refractivity contribution in [1.29, 1.82) is 0 Å². The predicted octanol–water partition coefficient (Wildman–Crippen LogP) is 3.79. The quantitative estimate of drug-likeness (QED) is 0.873. The summed E-state index contributed by atoms with van der Waals surface area (Å²) in [5.41, 5.74) is 1.01. The molecule has 3 rings (SSSR count). The summed E-state index contributed by atoms with van der Waals surface area (Å²) in [6.45, 7) is 1.04. The molecule has 0 aromatic heterocycles. The highest BCUT2D eigenvalue weighted by Crippen LogP contribution is 2.39. The van der Waals surface area contributed by atoms with Gasteiger partial charge in [0.1, 0.15) is 0 Å². The topological polar surface area (TPSA) is 41.1 Å². The average Bonchev–Trinajstić information content (AvgIpc) is 3.12. The first-order chi connectivity index (χ1) is 10.2. The van der Waals surface area contributed by atoms with Crippen LogP contribution >= 0.6 is 24.0 Å². The second kappa shape index (κ2) is 7.67. The van der Waals surface area contributed by atoms with Crippen molar-refractivity contribution in [2.75, 3.05) is 6.54 Å². The fraction of sp³-hybridized carbons (Fsp3) is 0.588. The van der Waals surface area contributed by atoms with Crippen molar-refractivity contribution in [3.8, 4) is 0 Å². The molecule has 1 aliphatic carbocycles. The molecule has 2 N–H and O–H groups in total. The van der Waals surface area contributed by atoms with Gasteiger partial charge >= 0.3 is 0 Å². The number of halogens is 2. The van der Waals surface area contributed by atoms with E-state index in [0.29, 0.717) is 12.5 Å². The Morgan fingerprint density at radius 2 is 1.91 bits per heavy atom. The summed E-state index contributed by atoms with van der Waals surface area (Å²) in [7, 11) is 0. The van der Waals surface area contributed by atoms with Gasteiger partial charge in [-0.1, -0.05) is 36.6 Å². The van der Waals surface area contributed by atoms with E-state index in [0.717, 1.165) is 30.8 Å². The molecule has 1 amide bonds. The molecule has 5 heteroatoms. The van der Waals surface area contributed by atoms with Crippen LogP contribution in [0.3, 0.4) is 0 Å². The van der Waals surface area contributed by atoms with Crippen molar-refractivity contribution in [1.82, 2.24) is 10.6 Å². The third-order valence-corrected chi connectivity index (χ3v) is 5.08. The van der Waals surface area contributed by atoms with Crippen molar-refractivity contribution in [3.63, 3.8) is 0 Å². The molecule has 1 aromatic carbocycles. The Morgan fingerprint density at radius 1 is 1.23 bits per heavy atom. The standard InChI is InChI=1S/C17H23ClN2O.ClH/c18-14-7-5-13(6-8-14)17(9-1-2-10-17)20-16(21)12-15-4-3-11-19-15;/h5-8,15,19H,1-4,9-12H2,(H,20,21);1H. The van der Waals surface area contributed by atoms with Gasteiger partial charge in [0.2, 0.25) is 5.91 Å². The van der Waals surface area contributed by atoms with E-state index in [4.69, 9.17) is 11.6 Å². The molecule has 122 valence electrons. The first kappa shape index (κ1) is 17.6. The van der Waals surface area contributed by atoms with Crippen molar-refractivity contribution in [3.05, 3.63) is 34.9 Å². The number of amides is 1. The predicted molar refractivity (Wildman–Crippen MR) is 92.6 cm³/mol. The maximum absolute atomic E-state index is 12.4. The summed E-state index contributed by atoms with van der Waals surface area (Å²) in [5, 5.41) is 7.47. The Labute approximate surface area is 143 Å². The van der Waals surface area contributed by atoms with Crippen LogP contribution in [-0.4, -0.2) is 18.5 Å². The van der Waals surface area contributed by atoms with Crippen LogP contribution in [0.4, 0.5) is 0 Å². The Kier molecular flexibility index (Phi) is 6.13. The Hall–Kier alpha value is -0.770. The lowest BCUT2D eigenvalue weighted by Crippen LogP contribution is -2.45. The highest BCUT2D eigenvalue weighted by Gasteiger charge is 2.37. The van der Waals surface area contributed by atoms with Crippen LogP contribution in [0.2, 0.25) is 5.02 Å². The summed E-state index contributed by atoms with van der Waals surface area (Å²) in [4.78, 5) is 12.4. The van der Waals surface area contributed by atoms with Gasteiger partial charge in [0.25, 0.3) is 0 Å². The number of nitrogens with one attached hydrogen (secondary N) is 2. The molecule has 1 saturated carbocycles. The van der Waals surface area contributed by atoms with E-state index in [1.807, 2.05) is 12.1 Å². The monoisotopic (exact) mass is 342 g/mol. The molecule has 1 saturated heterocycles. The minimum atomic E-state index is -0.180. The van der Waals surface area contributed by atoms with Crippen molar-refractivity contribution < 1.29 is 4.79 Å². The number of benzene rings is 1. The van der Waals surface area contributed by atoms with Gasteiger partial charge in [0.05, 0.1) is 5.54 Å². The normalized spacial score (nSPS) is 23.0. The minimum absolute atomic E-state index is 0. The summed E-state index contributed by atoms with van der Waals surface area (Å²) < 4.78 is 0. The maximum atomic E-state index is 12.4. The van der Waals surface area contributed by atoms with E-state index >= 15 is 0 Å². The maximum Gasteiger partial charge on any atom is 0.222 e. The minimum Gasteiger partial charge on any atom is -0.347 e. The van der Waals surface area contributed by atoms with Gasteiger partial charge in [-0.3, -0.25) is 4.79 Å². The van der Waals surface area contributed by atoms with Crippen molar-refractivity contribution in [2.45, 2.75) is 56.5 Å². The lowest BCUT2D eigenvalue weighted by atomic mass is 9.88. The highest BCUT2D eigenvalue weighted by molar-refractivity contribution is 6.30. The second-order valence-electron chi connectivity index (χ2n) is 6.34. The van der Waals surface area contributed by atoms with Crippen LogP contribution in [0.15, 0.2) is 24.3 Å². The van der Waals surface area contributed by atoms with E-state index in [2.05, 4.69) is 22.8 Å². The Morgan fingerprint density at radius 3 is 2.50 bits per heavy atom. The molecule has 2 aliphatic rings. The summed E-state index contributed by atoms with van der Waals surface area (Å²) in [6, 6.07) is 8.31. The zero-order valence-electron chi connectivity index (χ0n) is 12.7. The number of carbonyl (C=O) groups excluding carboxylic acids is 1. The number of rotatable bonds is 4. The average molecular weight is 343 g/mol. The summed E-state index contributed by atoms with van der Waals surface area (Å²) in [6.07, 6.45) is 7.28. The van der Waals surface area contributed by atoms with Crippen molar-refractivity contribution >= 4 is 29.9 Å². The largest absolute Gasteiger partial charge is 0.347 e. The van der Waals surface area contributed by atoms with E-state index in [9.17, 15) is 4.79 Å². The molecular weight excluding hydrogens is 319 g/mol. The lowest BCUT2D eigenvalue weighted by Gasteiger charge is -2.31. The van der Waals surface area contributed by atoms with E-state index in [1.54, 1.807) is 0 Å². The van der Waals surface area contributed by atoms with Crippen LogP contribution in [0.1, 0.15) is 50.5 Å². The Balaban J connectivity index is 0.00000176. The molecule has 1 heterocycles. The first-order valence-electron chi connectivity index (χ1n) is 7.98. The Bertz CT molecular complexity index is 492. The summed E-state index contributed by atoms with van der Waals surface area (Å²) in [5.74, 6) is 0.172. The van der Waals surface area contributed by atoms with Crippen LogP contribution in [0.5, 0.6) is 0 Å². The first-order valence-corrected chi connectivity index (χ1v) is 8.36. The van der Waals surface area contributed by atoms with E-state index in [-0.39, 0.29) is 23.9 Å². The van der Waals surface area contributed by atoms with Gasteiger partial charge in [-0.15, -0.1) is 12.4 Å². The molecule has 0 spiro atoms. The van der Waals surface area contributed by atoms with Gasteiger partial charge in [-0.2, -0.15) is 0 Å². The molecule has 1 aliphatic heterocycles. The molecule has 0 bridgehead atoms. The third-order valence-electron chi connectivity index (χ3n) is 4.83. The highest BCUT2D eigenvalue weighted by atomic mass is 35.5. The molecule has 0 radical (unpaired) electrons. The van der Waals surface area contributed by atoms with Gasteiger partial charge in [0.15, 0.2) is 0 Å². The molecule has 1 unspecified atom stereocenters. The van der Waals surface area contributed by atoms with E-state index < -0.39 is 0 Å². The second-order valence-corrected chi connectivity index (χ2v) is 6.78. The van der Waals surface area contributed by atoms with Crippen LogP contribution in [0.25, 0.3) is 0 Å². The van der Waals surface area contributed by atoms with Gasteiger partial charge < -0.3 is 10.6 Å². The number of hydrogen-bond donors (Lipinski definition) is 2. The fourth-order valence-corrected chi connectivity index (χ4v) is 3.83. The third kappa shape index (κ3) is 3.95. The zero-order valence-corrected chi connectivity index (χ0v) is 14.3. The molecule has 2 fully saturated rings. The van der Waals surface area contributed by atoms with Gasteiger partial charge in [-0.25, -0.2) is 0 Å². The van der Waals surface area contributed by atoms with Crippen molar-refractivity contribution in [2.24, 2.45) is 0 Å². The number of carbonyl (C=O) groups is 1. The number of hydrogen-bond acceptors (Lipinski definition) is 2. The van der Waals surface area contributed by atoms with E-state index in [1.165, 1.54) is 24.8 Å². The summed E-state index contributed by atoms with van der Waals surface area (Å²) >= 11 is 5.99. The SMILES string of the molecule is Cl.O=C(CC1CCCN1)NC1(c2ccc(Cl)cc2)CCCC1. The van der Waals surface area contributed by atoms with Crippen LogP contribution in [0, 0.1) is 0 Å². The zero-order chi connectivity index (χ0) is 14.7.